The molecule has 1 aliphatic heterocycles. The number of carboxylic acids is 1. The van der Waals surface area contributed by atoms with Gasteiger partial charge in [-0.15, -0.1) is 0 Å². The predicted molar refractivity (Wildman–Crippen MR) is 103 cm³/mol. The summed E-state index contributed by atoms with van der Waals surface area (Å²) in [6.45, 7) is 7.07. The van der Waals surface area contributed by atoms with Gasteiger partial charge in [-0.3, -0.25) is 4.79 Å². The summed E-state index contributed by atoms with van der Waals surface area (Å²) in [5, 5.41) is 9.82. The second kappa shape index (κ2) is 7.06. The molecule has 2 atom stereocenters. The molecule has 4 nitrogen and oxygen atoms in total. The molecular formula is C21H28BFO4. The van der Waals surface area contributed by atoms with E-state index in [1.165, 1.54) is 0 Å². The van der Waals surface area contributed by atoms with Gasteiger partial charge in [-0.05, 0) is 63.9 Å². The molecule has 1 aromatic rings. The molecule has 2 aliphatic rings. The Bertz CT molecular complexity index is 715. The highest BCUT2D eigenvalue weighted by atomic mass is 19.1. The van der Waals surface area contributed by atoms with E-state index in [1.54, 1.807) is 0 Å². The minimum atomic E-state index is -1.40. The molecule has 0 bridgehead atoms. The normalized spacial score (nSPS) is 29.4. The third-order valence-corrected chi connectivity index (χ3v) is 6.50. The van der Waals surface area contributed by atoms with Gasteiger partial charge in [0.05, 0.1) is 11.2 Å². The van der Waals surface area contributed by atoms with Crippen LogP contribution in [0.2, 0.25) is 0 Å². The van der Waals surface area contributed by atoms with Gasteiger partial charge in [-0.25, -0.2) is 4.39 Å². The molecule has 1 fully saturated rings. The van der Waals surface area contributed by atoms with E-state index in [-0.39, 0.29) is 6.42 Å². The summed E-state index contributed by atoms with van der Waals surface area (Å²) < 4.78 is 26.3. The van der Waals surface area contributed by atoms with Gasteiger partial charge in [0.25, 0.3) is 0 Å². The Balaban J connectivity index is 1.93. The average Bonchev–Trinajstić information content (AvgIpc) is 2.83. The molecule has 0 radical (unpaired) electrons. The summed E-state index contributed by atoms with van der Waals surface area (Å²) >= 11 is 0. The monoisotopic (exact) mass is 374 g/mol. The maximum atomic E-state index is 14.0. The van der Waals surface area contributed by atoms with Crippen LogP contribution in [-0.4, -0.2) is 36.1 Å². The van der Waals surface area contributed by atoms with Gasteiger partial charge in [-0.1, -0.05) is 36.4 Å². The number of benzene rings is 1. The number of aliphatic carboxylic acids is 1. The van der Waals surface area contributed by atoms with E-state index in [4.69, 9.17) is 9.31 Å². The predicted octanol–water partition coefficient (Wildman–Crippen LogP) is 4.24. The first-order valence-corrected chi connectivity index (χ1v) is 9.51. The van der Waals surface area contributed by atoms with Crippen molar-refractivity contribution in [2.75, 3.05) is 6.67 Å². The molecule has 146 valence electrons. The largest absolute Gasteiger partial charge is 0.490 e. The van der Waals surface area contributed by atoms with Crippen LogP contribution in [0.15, 0.2) is 41.9 Å². The highest BCUT2D eigenvalue weighted by Gasteiger charge is 2.55. The summed E-state index contributed by atoms with van der Waals surface area (Å²) in [6.07, 6.45) is 3.07. The fraction of sp³-hybridized carbons (Fsp3) is 0.571. The smallest absolute Gasteiger partial charge is 0.481 e. The molecule has 3 rings (SSSR count). The zero-order valence-corrected chi connectivity index (χ0v) is 16.5. The van der Waals surface area contributed by atoms with Gasteiger partial charge in [0.1, 0.15) is 12.1 Å². The van der Waals surface area contributed by atoms with Crippen molar-refractivity contribution in [1.29, 1.82) is 0 Å². The van der Waals surface area contributed by atoms with Crippen molar-refractivity contribution in [1.82, 2.24) is 0 Å². The fourth-order valence-corrected chi connectivity index (χ4v) is 3.86. The first kappa shape index (κ1) is 20.1. The summed E-state index contributed by atoms with van der Waals surface area (Å²) in [6, 6.07) is 9.63. The Labute approximate surface area is 160 Å². The molecule has 6 heteroatoms. The van der Waals surface area contributed by atoms with Gasteiger partial charge in [0, 0.05) is 0 Å². The molecule has 1 N–H and O–H groups in total. The number of halogens is 1. The molecule has 1 heterocycles. The minimum Gasteiger partial charge on any atom is -0.481 e. The van der Waals surface area contributed by atoms with E-state index >= 15 is 0 Å². The Morgan fingerprint density at radius 1 is 1.19 bits per heavy atom. The van der Waals surface area contributed by atoms with Crippen LogP contribution in [0.4, 0.5) is 4.39 Å². The molecule has 0 spiro atoms. The van der Waals surface area contributed by atoms with Crippen molar-refractivity contribution < 1.29 is 23.6 Å². The molecule has 0 saturated carbocycles. The molecule has 2 unspecified atom stereocenters. The Hall–Kier alpha value is -1.66. The van der Waals surface area contributed by atoms with Crippen molar-refractivity contribution in [2.45, 2.75) is 58.2 Å². The third-order valence-electron chi connectivity index (χ3n) is 6.50. The number of carboxylic acid groups (broad SMARTS) is 1. The topological polar surface area (TPSA) is 55.8 Å². The summed E-state index contributed by atoms with van der Waals surface area (Å²) in [5.74, 6) is -1.53. The summed E-state index contributed by atoms with van der Waals surface area (Å²) in [5.41, 5.74) is -0.417. The molecule has 1 aliphatic carbocycles. The van der Waals surface area contributed by atoms with E-state index in [0.717, 1.165) is 11.0 Å². The van der Waals surface area contributed by atoms with Gasteiger partial charge >= 0.3 is 13.1 Å². The van der Waals surface area contributed by atoms with Gasteiger partial charge in [0.2, 0.25) is 0 Å². The van der Waals surface area contributed by atoms with Crippen LogP contribution in [0.3, 0.4) is 0 Å². The van der Waals surface area contributed by atoms with Crippen molar-refractivity contribution in [3.63, 3.8) is 0 Å². The van der Waals surface area contributed by atoms with E-state index in [0.29, 0.717) is 12.8 Å². The fourth-order valence-electron chi connectivity index (χ4n) is 3.86. The standard InChI is InChI=1S/C21H28BFO4/c1-19(2)20(3,4)27-22(26-19)17-10-11-21(14-23,18(24)25)16(13-17)12-15-8-6-5-7-9-15/h5-9,13,16H,10-12,14H2,1-4H3,(H,24,25). The lowest BCUT2D eigenvalue weighted by molar-refractivity contribution is -0.153. The van der Waals surface area contributed by atoms with Crippen molar-refractivity contribution in [3.8, 4) is 0 Å². The van der Waals surface area contributed by atoms with Gasteiger partial charge in [-0.2, -0.15) is 0 Å². The highest BCUT2D eigenvalue weighted by Crippen LogP contribution is 2.46. The highest BCUT2D eigenvalue weighted by molar-refractivity contribution is 6.54. The zero-order chi connectivity index (χ0) is 19.9. The van der Waals surface area contributed by atoms with E-state index < -0.39 is 42.3 Å². The zero-order valence-electron chi connectivity index (χ0n) is 16.5. The Morgan fingerprint density at radius 3 is 2.30 bits per heavy atom. The summed E-state index contributed by atoms with van der Waals surface area (Å²) in [7, 11) is -0.514. The van der Waals surface area contributed by atoms with E-state index in [1.807, 2.05) is 64.1 Å². The first-order valence-electron chi connectivity index (χ1n) is 9.51. The Kier molecular flexibility index (Phi) is 5.25. The second-order valence-electron chi connectivity index (χ2n) is 8.72. The van der Waals surface area contributed by atoms with Crippen LogP contribution >= 0.6 is 0 Å². The van der Waals surface area contributed by atoms with Gasteiger partial charge < -0.3 is 14.4 Å². The summed E-state index contributed by atoms with van der Waals surface area (Å²) in [4.78, 5) is 12.0. The van der Waals surface area contributed by atoms with Crippen molar-refractivity contribution in [3.05, 3.63) is 47.4 Å². The molecule has 0 aromatic heterocycles. The second-order valence-corrected chi connectivity index (χ2v) is 8.72. The number of carbonyl (C=O) groups is 1. The maximum absolute atomic E-state index is 14.0. The number of allylic oxidation sites excluding steroid dienone is 2. The molecule has 1 aromatic carbocycles. The number of alkyl halides is 1. The lowest BCUT2D eigenvalue weighted by Gasteiger charge is -2.38. The number of rotatable bonds is 5. The third kappa shape index (κ3) is 3.57. The lowest BCUT2D eigenvalue weighted by atomic mass is 9.60. The van der Waals surface area contributed by atoms with Crippen molar-refractivity contribution in [2.24, 2.45) is 11.3 Å². The average molecular weight is 374 g/mol. The maximum Gasteiger partial charge on any atom is 0.490 e. The lowest BCUT2D eigenvalue weighted by Crippen LogP contribution is -2.44. The molecule has 0 amide bonds. The van der Waals surface area contributed by atoms with Crippen LogP contribution in [-0.2, 0) is 20.5 Å². The van der Waals surface area contributed by atoms with Crippen LogP contribution < -0.4 is 0 Å². The van der Waals surface area contributed by atoms with Crippen LogP contribution in [0.5, 0.6) is 0 Å². The van der Waals surface area contributed by atoms with E-state index in [9.17, 15) is 14.3 Å². The quantitative estimate of drug-likeness (QED) is 0.784. The molecule has 1 saturated heterocycles. The SMILES string of the molecule is CC1(C)OB(C2=CC(Cc3ccccc3)C(CF)(C(=O)O)CC2)OC1(C)C. The molecule has 27 heavy (non-hydrogen) atoms. The number of hydrogen-bond acceptors (Lipinski definition) is 3. The van der Waals surface area contributed by atoms with E-state index in [2.05, 4.69) is 0 Å². The van der Waals surface area contributed by atoms with Crippen LogP contribution in [0.1, 0.15) is 46.1 Å². The Morgan fingerprint density at radius 2 is 1.78 bits per heavy atom. The minimum absolute atomic E-state index is 0.242. The van der Waals surface area contributed by atoms with Crippen LogP contribution in [0.25, 0.3) is 0 Å². The first-order chi connectivity index (χ1) is 12.6. The molecular weight excluding hydrogens is 346 g/mol. The van der Waals surface area contributed by atoms with Gasteiger partial charge in [0.15, 0.2) is 0 Å². The number of hydrogen-bond donors (Lipinski definition) is 1. The van der Waals surface area contributed by atoms with Crippen LogP contribution in [0, 0.1) is 11.3 Å². The van der Waals surface area contributed by atoms with Crippen molar-refractivity contribution >= 4 is 13.1 Å².